The van der Waals surface area contributed by atoms with E-state index in [4.69, 9.17) is 0 Å². The first-order valence-electron chi connectivity index (χ1n) is 6.89. The Morgan fingerprint density at radius 1 is 1.45 bits per heavy atom. The van der Waals surface area contributed by atoms with E-state index in [9.17, 15) is 18.7 Å². The van der Waals surface area contributed by atoms with Crippen molar-refractivity contribution in [3.8, 4) is 0 Å². The lowest BCUT2D eigenvalue weighted by atomic mass is 9.73. The molecule has 20 heavy (non-hydrogen) atoms. The van der Waals surface area contributed by atoms with Crippen LogP contribution in [0.5, 0.6) is 0 Å². The summed E-state index contributed by atoms with van der Waals surface area (Å²) < 4.78 is 26.0. The fraction of sp³-hybridized carbons (Fsp3) is 0.923. The van der Waals surface area contributed by atoms with Crippen molar-refractivity contribution in [1.29, 1.82) is 0 Å². The molecule has 1 saturated heterocycles. The Morgan fingerprint density at radius 2 is 2.15 bits per heavy atom. The average Bonchev–Trinajstić information content (AvgIpc) is 2.71. The van der Waals surface area contributed by atoms with Gasteiger partial charge in [0.15, 0.2) is 0 Å². The van der Waals surface area contributed by atoms with Gasteiger partial charge >= 0.3 is 0 Å². The standard InChI is InChI=1S/C13H22F2N2O2.ClH/c1-12(5-3-2-4-10(12)18)7-17-11(19)9-6-13(14,15)8-16-9;/h9-10,16,18H,2-8H2,1H3,(H,17,19);1H. The van der Waals surface area contributed by atoms with Crippen molar-refractivity contribution in [2.24, 2.45) is 5.41 Å². The molecule has 3 atom stereocenters. The lowest BCUT2D eigenvalue weighted by Crippen LogP contribution is -2.49. The minimum absolute atomic E-state index is 0. The van der Waals surface area contributed by atoms with Gasteiger partial charge in [0, 0.05) is 18.4 Å². The largest absolute Gasteiger partial charge is 0.392 e. The molecular weight excluding hydrogens is 290 g/mol. The SMILES string of the molecule is CC1(CNC(=O)C2CC(F)(F)CN2)CCCCC1O.Cl. The molecule has 0 aromatic heterocycles. The summed E-state index contributed by atoms with van der Waals surface area (Å²) in [6.45, 7) is 1.84. The number of carbonyl (C=O) groups is 1. The minimum atomic E-state index is -2.80. The molecule has 3 N–H and O–H groups in total. The van der Waals surface area contributed by atoms with Crippen LogP contribution in [0, 0.1) is 5.41 Å². The van der Waals surface area contributed by atoms with E-state index in [0.717, 1.165) is 25.7 Å². The highest BCUT2D eigenvalue weighted by molar-refractivity contribution is 5.85. The highest BCUT2D eigenvalue weighted by Gasteiger charge is 2.43. The van der Waals surface area contributed by atoms with Gasteiger partial charge in [-0.1, -0.05) is 19.8 Å². The van der Waals surface area contributed by atoms with Crippen molar-refractivity contribution in [1.82, 2.24) is 10.6 Å². The zero-order valence-electron chi connectivity index (χ0n) is 11.6. The van der Waals surface area contributed by atoms with E-state index >= 15 is 0 Å². The predicted molar refractivity (Wildman–Crippen MR) is 74.2 cm³/mol. The summed E-state index contributed by atoms with van der Waals surface area (Å²) in [6.07, 6.45) is 2.75. The Labute approximate surface area is 124 Å². The van der Waals surface area contributed by atoms with Crippen LogP contribution in [0.15, 0.2) is 0 Å². The van der Waals surface area contributed by atoms with Crippen LogP contribution in [0.2, 0.25) is 0 Å². The smallest absolute Gasteiger partial charge is 0.262 e. The highest BCUT2D eigenvalue weighted by atomic mass is 35.5. The molecule has 0 spiro atoms. The first-order valence-corrected chi connectivity index (χ1v) is 6.89. The molecule has 0 bridgehead atoms. The zero-order valence-corrected chi connectivity index (χ0v) is 12.4. The van der Waals surface area contributed by atoms with Gasteiger partial charge in [-0.25, -0.2) is 8.78 Å². The topological polar surface area (TPSA) is 61.4 Å². The Bertz CT molecular complexity index is 357. The zero-order chi connectivity index (χ0) is 14.1. The van der Waals surface area contributed by atoms with Crippen molar-refractivity contribution in [3.63, 3.8) is 0 Å². The van der Waals surface area contributed by atoms with E-state index in [1.165, 1.54) is 0 Å². The second-order valence-corrected chi connectivity index (χ2v) is 6.13. The van der Waals surface area contributed by atoms with Gasteiger partial charge < -0.3 is 10.4 Å². The molecule has 3 unspecified atom stereocenters. The van der Waals surface area contributed by atoms with Crippen molar-refractivity contribution in [2.75, 3.05) is 13.1 Å². The third-order valence-corrected chi connectivity index (χ3v) is 4.37. The lowest BCUT2D eigenvalue weighted by molar-refractivity contribution is -0.124. The Balaban J connectivity index is 0.00000200. The summed E-state index contributed by atoms with van der Waals surface area (Å²) in [5, 5.41) is 15.2. The van der Waals surface area contributed by atoms with Crippen molar-refractivity contribution in [3.05, 3.63) is 0 Å². The minimum Gasteiger partial charge on any atom is -0.392 e. The van der Waals surface area contributed by atoms with Gasteiger partial charge in [0.05, 0.1) is 18.7 Å². The number of aliphatic hydroxyl groups is 1. The number of carbonyl (C=O) groups excluding carboxylic acids is 1. The first-order chi connectivity index (χ1) is 8.82. The van der Waals surface area contributed by atoms with Gasteiger partial charge in [0.1, 0.15) is 0 Å². The average molecular weight is 313 g/mol. The molecule has 2 rings (SSSR count). The lowest BCUT2D eigenvalue weighted by Gasteiger charge is -2.38. The number of aliphatic hydroxyl groups excluding tert-OH is 1. The van der Waals surface area contributed by atoms with Crippen LogP contribution in [0.1, 0.15) is 39.0 Å². The summed E-state index contributed by atoms with van der Waals surface area (Å²) >= 11 is 0. The van der Waals surface area contributed by atoms with Crippen LogP contribution in [-0.2, 0) is 4.79 Å². The third kappa shape index (κ3) is 4.02. The third-order valence-electron chi connectivity index (χ3n) is 4.37. The molecule has 0 aromatic carbocycles. The molecule has 4 nitrogen and oxygen atoms in total. The monoisotopic (exact) mass is 312 g/mol. The maximum Gasteiger partial charge on any atom is 0.262 e. The number of rotatable bonds is 3. The molecule has 2 fully saturated rings. The van der Waals surface area contributed by atoms with E-state index in [1.54, 1.807) is 0 Å². The molecule has 1 aliphatic carbocycles. The Morgan fingerprint density at radius 3 is 2.70 bits per heavy atom. The van der Waals surface area contributed by atoms with E-state index in [2.05, 4.69) is 10.6 Å². The Hall–Kier alpha value is -0.460. The van der Waals surface area contributed by atoms with Crippen LogP contribution >= 0.6 is 12.4 Å². The highest BCUT2D eigenvalue weighted by Crippen LogP contribution is 2.35. The molecule has 1 heterocycles. The van der Waals surface area contributed by atoms with Gasteiger partial charge in [-0.05, 0) is 12.8 Å². The number of halogens is 3. The predicted octanol–water partition coefficient (Wildman–Crippen LogP) is 1.46. The molecular formula is C13H23ClF2N2O2. The molecule has 1 aliphatic heterocycles. The molecule has 0 aromatic rings. The summed E-state index contributed by atoms with van der Waals surface area (Å²) in [5.74, 6) is -3.19. The van der Waals surface area contributed by atoms with Gasteiger partial charge in [0.25, 0.3) is 5.92 Å². The summed E-state index contributed by atoms with van der Waals surface area (Å²) in [6, 6.07) is -0.820. The van der Waals surface area contributed by atoms with Gasteiger partial charge in [0.2, 0.25) is 5.91 Å². The van der Waals surface area contributed by atoms with E-state index in [1.807, 2.05) is 6.92 Å². The van der Waals surface area contributed by atoms with Crippen molar-refractivity contribution >= 4 is 18.3 Å². The molecule has 2 aliphatic rings. The number of hydrogen-bond acceptors (Lipinski definition) is 3. The van der Waals surface area contributed by atoms with E-state index < -0.39 is 36.9 Å². The Kier molecular flexibility index (Phi) is 5.75. The van der Waals surface area contributed by atoms with Crippen LogP contribution in [0.25, 0.3) is 0 Å². The molecule has 1 amide bonds. The van der Waals surface area contributed by atoms with Crippen LogP contribution in [0.4, 0.5) is 8.78 Å². The number of alkyl halides is 2. The summed E-state index contributed by atoms with van der Waals surface area (Å²) in [7, 11) is 0. The van der Waals surface area contributed by atoms with Crippen LogP contribution in [-0.4, -0.2) is 42.2 Å². The van der Waals surface area contributed by atoms with Gasteiger partial charge in [-0.2, -0.15) is 0 Å². The summed E-state index contributed by atoms with van der Waals surface area (Å²) in [4.78, 5) is 11.8. The normalized spacial score (nSPS) is 36.2. The number of hydrogen-bond donors (Lipinski definition) is 3. The number of nitrogens with one attached hydrogen (secondary N) is 2. The molecule has 118 valence electrons. The molecule has 7 heteroatoms. The van der Waals surface area contributed by atoms with Gasteiger partial charge in [-0.3, -0.25) is 10.1 Å². The first kappa shape index (κ1) is 17.6. The fourth-order valence-corrected chi connectivity index (χ4v) is 2.90. The second-order valence-electron chi connectivity index (χ2n) is 6.13. The summed E-state index contributed by atoms with van der Waals surface area (Å²) in [5.41, 5.74) is -0.338. The van der Waals surface area contributed by atoms with Gasteiger partial charge in [-0.15, -0.1) is 12.4 Å². The van der Waals surface area contributed by atoms with E-state index in [-0.39, 0.29) is 17.8 Å². The molecule has 1 saturated carbocycles. The quantitative estimate of drug-likeness (QED) is 0.739. The van der Waals surface area contributed by atoms with Crippen molar-refractivity contribution in [2.45, 2.75) is 57.1 Å². The van der Waals surface area contributed by atoms with Crippen LogP contribution < -0.4 is 10.6 Å². The van der Waals surface area contributed by atoms with E-state index in [0.29, 0.717) is 6.54 Å². The van der Waals surface area contributed by atoms with Crippen molar-refractivity contribution < 1.29 is 18.7 Å². The number of amides is 1. The van der Waals surface area contributed by atoms with Crippen LogP contribution in [0.3, 0.4) is 0 Å². The fourth-order valence-electron chi connectivity index (χ4n) is 2.90. The molecule has 0 radical (unpaired) electrons. The second kappa shape index (κ2) is 6.54. The maximum absolute atomic E-state index is 13.0. The maximum atomic E-state index is 13.0.